The van der Waals surface area contributed by atoms with Crippen LogP contribution < -0.4 is 10.8 Å². The first-order valence-corrected chi connectivity index (χ1v) is 5.63. The van der Waals surface area contributed by atoms with Crippen molar-refractivity contribution in [3.63, 3.8) is 0 Å². The van der Waals surface area contributed by atoms with E-state index in [0.29, 0.717) is 5.95 Å². The maximum absolute atomic E-state index is 8.88. The maximum Gasteiger partial charge on any atom is 0.491 e. The van der Waals surface area contributed by atoms with Gasteiger partial charge in [0.25, 0.3) is 0 Å². The average molecular weight is 247 g/mol. The van der Waals surface area contributed by atoms with E-state index in [1.807, 2.05) is 10.8 Å². The molecule has 0 aromatic carbocycles. The van der Waals surface area contributed by atoms with E-state index in [2.05, 4.69) is 20.3 Å². The highest BCUT2D eigenvalue weighted by atomic mass is 16.4. The molecule has 94 valence electrons. The molecule has 2 rings (SSSR count). The molecule has 0 unspecified atom stereocenters. The van der Waals surface area contributed by atoms with Crippen LogP contribution in [0.3, 0.4) is 0 Å². The molecule has 0 radical (unpaired) electrons. The molecule has 2 aromatic heterocycles. The molecule has 0 spiro atoms. The zero-order valence-corrected chi connectivity index (χ0v) is 9.77. The van der Waals surface area contributed by atoms with Crippen molar-refractivity contribution in [2.24, 2.45) is 0 Å². The number of hydrogen-bond donors (Lipinski definition) is 3. The minimum Gasteiger partial charge on any atom is -0.423 e. The van der Waals surface area contributed by atoms with Gasteiger partial charge in [0, 0.05) is 43.3 Å². The van der Waals surface area contributed by atoms with Gasteiger partial charge in [-0.15, -0.1) is 0 Å². The number of rotatable bonds is 6. The summed E-state index contributed by atoms with van der Waals surface area (Å²) in [4.78, 5) is 11.9. The van der Waals surface area contributed by atoms with Crippen LogP contribution in [0.5, 0.6) is 0 Å². The Morgan fingerprint density at radius 3 is 2.67 bits per heavy atom. The van der Waals surface area contributed by atoms with E-state index in [-0.39, 0.29) is 5.46 Å². The quantitative estimate of drug-likeness (QED) is 0.441. The third-order valence-electron chi connectivity index (χ3n) is 2.41. The zero-order chi connectivity index (χ0) is 12.8. The molecular weight excluding hydrogens is 233 g/mol. The van der Waals surface area contributed by atoms with E-state index in [0.717, 1.165) is 19.5 Å². The van der Waals surface area contributed by atoms with Crippen LogP contribution in [0.2, 0.25) is 0 Å². The Balaban J connectivity index is 1.73. The average Bonchev–Trinajstić information content (AvgIpc) is 2.88. The van der Waals surface area contributed by atoms with Gasteiger partial charge in [-0.2, -0.15) is 0 Å². The molecule has 0 aliphatic carbocycles. The van der Waals surface area contributed by atoms with Crippen LogP contribution in [0.1, 0.15) is 6.42 Å². The molecule has 0 amide bonds. The Bertz CT molecular complexity index is 460. The minimum atomic E-state index is -1.53. The minimum absolute atomic E-state index is 0.277. The molecule has 7 nitrogen and oxygen atoms in total. The number of aromatic nitrogens is 4. The molecule has 2 heterocycles. The maximum atomic E-state index is 8.88. The lowest BCUT2D eigenvalue weighted by atomic mass is 9.83. The number of aryl methyl sites for hydroxylation is 1. The lowest BCUT2D eigenvalue weighted by Gasteiger charge is -2.05. The fraction of sp³-hybridized carbons (Fsp3) is 0.300. The molecule has 0 saturated heterocycles. The molecule has 0 atom stereocenters. The summed E-state index contributed by atoms with van der Waals surface area (Å²) in [5.74, 6) is 0.477. The van der Waals surface area contributed by atoms with Crippen LogP contribution >= 0.6 is 0 Å². The standard InChI is InChI=1S/C10H14BN5O2/c17-11(18)9-6-14-10(15-7-9)13-2-1-4-16-5-3-12-8-16/h3,5-8,17-18H,1-2,4H2,(H,13,14,15). The Labute approximate surface area is 105 Å². The first-order valence-electron chi connectivity index (χ1n) is 5.63. The molecule has 0 aliphatic heterocycles. The van der Waals surface area contributed by atoms with Crippen LogP contribution in [-0.2, 0) is 6.54 Å². The fourth-order valence-corrected chi connectivity index (χ4v) is 1.44. The van der Waals surface area contributed by atoms with E-state index in [1.54, 1.807) is 12.5 Å². The van der Waals surface area contributed by atoms with Gasteiger partial charge >= 0.3 is 7.12 Å². The summed E-state index contributed by atoms with van der Waals surface area (Å²) >= 11 is 0. The third-order valence-corrected chi connectivity index (χ3v) is 2.41. The van der Waals surface area contributed by atoms with Crippen LogP contribution in [0.4, 0.5) is 5.95 Å². The Kier molecular flexibility index (Phi) is 4.27. The number of anilines is 1. The van der Waals surface area contributed by atoms with Gasteiger partial charge in [0.15, 0.2) is 0 Å². The first-order chi connectivity index (χ1) is 8.75. The summed E-state index contributed by atoms with van der Waals surface area (Å²) in [6.45, 7) is 1.61. The molecule has 0 bridgehead atoms. The predicted octanol–water partition coefficient (Wildman–Crippen LogP) is -1.14. The van der Waals surface area contributed by atoms with E-state index < -0.39 is 7.12 Å². The van der Waals surface area contributed by atoms with E-state index in [1.165, 1.54) is 12.4 Å². The normalized spacial score (nSPS) is 10.3. The van der Waals surface area contributed by atoms with Gasteiger partial charge < -0.3 is 19.9 Å². The van der Waals surface area contributed by atoms with Crippen LogP contribution in [0.25, 0.3) is 0 Å². The lowest BCUT2D eigenvalue weighted by molar-refractivity contribution is 0.425. The second kappa shape index (κ2) is 6.13. The molecule has 3 N–H and O–H groups in total. The SMILES string of the molecule is OB(O)c1cnc(NCCCn2ccnc2)nc1. The second-order valence-electron chi connectivity index (χ2n) is 3.79. The summed E-state index contributed by atoms with van der Waals surface area (Å²) < 4.78 is 1.99. The van der Waals surface area contributed by atoms with Crippen LogP contribution in [0.15, 0.2) is 31.1 Å². The monoisotopic (exact) mass is 247 g/mol. The predicted molar refractivity (Wildman–Crippen MR) is 67.2 cm³/mol. The summed E-state index contributed by atoms with van der Waals surface area (Å²) in [7, 11) is -1.53. The van der Waals surface area contributed by atoms with Crippen molar-refractivity contribution < 1.29 is 10.0 Å². The van der Waals surface area contributed by atoms with E-state index >= 15 is 0 Å². The molecular formula is C10H14BN5O2. The molecule has 8 heteroatoms. The zero-order valence-electron chi connectivity index (χ0n) is 9.77. The highest BCUT2D eigenvalue weighted by molar-refractivity contribution is 6.58. The van der Waals surface area contributed by atoms with Crippen LogP contribution in [0, 0.1) is 0 Å². The van der Waals surface area contributed by atoms with E-state index in [4.69, 9.17) is 10.0 Å². The van der Waals surface area contributed by atoms with Gasteiger partial charge in [-0.1, -0.05) is 0 Å². The van der Waals surface area contributed by atoms with Crippen molar-refractivity contribution >= 4 is 18.5 Å². The first kappa shape index (κ1) is 12.5. The topological polar surface area (TPSA) is 96.1 Å². The Morgan fingerprint density at radius 1 is 1.28 bits per heavy atom. The molecule has 2 aromatic rings. The van der Waals surface area contributed by atoms with E-state index in [9.17, 15) is 0 Å². The van der Waals surface area contributed by atoms with Crippen molar-refractivity contribution in [1.29, 1.82) is 0 Å². The summed E-state index contributed by atoms with van der Waals surface area (Å²) in [5, 5.41) is 20.8. The highest BCUT2D eigenvalue weighted by Crippen LogP contribution is 1.95. The third kappa shape index (κ3) is 3.54. The second-order valence-corrected chi connectivity index (χ2v) is 3.79. The number of nitrogens with zero attached hydrogens (tertiary/aromatic N) is 4. The molecule has 0 aliphatic rings. The van der Waals surface area contributed by atoms with Gasteiger partial charge in [0.2, 0.25) is 5.95 Å². The number of hydrogen-bond acceptors (Lipinski definition) is 6. The van der Waals surface area contributed by atoms with Crippen molar-refractivity contribution in [1.82, 2.24) is 19.5 Å². The smallest absolute Gasteiger partial charge is 0.423 e. The number of nitrogens with one attached hydrogen (secondary N) is 1. The highest BCUT2D eigenvalue weighted by Gasteiger charge is 2.11. The molecule has 18 heavy (non-hydrogen) atoms. The fourth-order valence-electron chi connectivity index (χ4n) is 1.44. The Morgan fingerprint density at radius 2 is 2.06 bits per heavy atom. The largest absolute Gasteiger partial charge is 0.491 e. The van der Waals surface area contributed by atoms with Gasteiger partial charge in [-0.25, -0.2) is 15.0 Å². The van der Waals surface area contributed by atoms with Crippen molar-refractivity contribution in [2.75, 3.05) is 11.9 Å². The summed E-state index contributed by atoms with van der Waals surface area (Å²) in [6, 6.07) is 0. The molecule has 0 fully saturated rings. The molecule has 0 saturated carbocycles. The van der Waals surface area contributed by atoms with Crippen molar-refractivity contribution in [3.8, 4) is 0 Å². The van der Waals surface area contributed by atoms with Crippen molar-refractivity contribution in [3.05, 3.63) is 31.1 Å². The summed E-state index contributed by atoms with van der Waals surface area (Å²) in [5.41, 5.74) is 0.277. The van der Waals surface area contributed by atoms with Gasteiger partial charge in [-0.05, 0) is 6.42 Å². The van der Waals surface area contributed by atoms with Gasteiger partial charge in [0.05, 0.1) is 6.33 Å². The van der Waals surface area contributed by atoms with Gasteiger partial charge in [-0.3, -0.25) is 0 Å². The lowest BCUT2D eigenvalue weighted by Crippen LogP contribution is -2.30. The Hall–Kier alpha value is -1.93. The van der Waals surface area contributed by atoms with Crippen molar-refractivity contribution in [2.45, 2.75) is 13.0 Å². The van der Waals surface area contributed by atoms with Gasteiger partial charge in [0.1, 0.15) is 0 Å². The van der Waals surface area contributed by atoms with Crippen LogP contribution in [-0.4, -0.2) is 43.2 Å². The number of imidazole rings is 1. The summed E-state index contributed by atoms with van der Waals surface area (Å²) in [6.07, 6.45) is 9.12.